The van der Waals surface area contributed by atoms with Gasteiger partial charge in [-0.25, -0.2) is 4.98 Å². The largest absolute Gasteiger partial charge is 0.508 e. The number of benzene rings is 2. The molecule has 0 aliphatic rings. The van der Waals surface area contributed by atoms with Crippen LogP contribution in [0.5, 0.6) is 5.75 Å². The van der Waals surface area contributed by atoms with E-state index in [-0.39, 0.29) is 5.75 Å². The molecule has 0 fully saturated rings. The summed E-state index contributed by atoms with van der Waals surface area (Å²) in [7, 11) is 0. The Hall–Kier alpha value is -2.26. The molecule has 0 spiro atoms. The number of phenolic OH excluding ortho intramolecular Hbond substituents is 1. The normalized spacial score (nSPS) is 10.7. The third-order valence-electron chi connectivity index (χ3n) is 3.40. The van der Waals surface area contributed by atoms with Crippen molar-refractivity contribution in [1.82, 2.24) is 9.55 Å². The Morgan fingerprint density at radius 1 is 1.05 bits per heavy atom. The summed E-state index contributed by atoms with van der Waals surface area (Å²) in [6.07, 6.45) is 4.45. The zero-order chi connectivity index (χ0) is 14.7. The van der Waals surface area contributed by atoms with Crippen molar-refractivity contribution >= 4 is 11.6 Å². The van der Waals surface area contributed by atoms with Crippen LogP contribution in [-0.2, 0) is 13.0 Å². The quantitative estimate of drug-likeness (QED) is 0.794. The van der Waals surface area contributed by atoms with Crippen LogP contribution in [0.1, 0.15) is 17.0 Å². The minimum absolute atomic E-state index is 0.278. The second-order valence-corrected chi connectivity index (χ2v) is 5.31. The third kappa shape index (κ3) is 3.26. The van der Waals surface area contributed by atoms with Crippen LogP contribution in [0.3, 0.4) is 0 Å². The first-order valence-electron chi connectivity index (χ1n) is 6.74. The Morgan fingerprint density at radius 3 is 2.57 bits per heavy atom. The average Bonchev–Trinajstić information content (AvgIpc) is 2.91. The molecule has 1 N–H and O–H groups in total. The van der Waals surface area contributed by atoms with Gasteiger partial charge in [-0.15, -0.1) is 0 Å². The van der Waals surface area contributed by atoms with Crippen LogP contribution in [0.25, 0.3) is 0 Å². The smallest absolute Gasteiger partial charge is 0.115 e. The van der Waals surface area contributed by atoms with E-state index in [0.29, 0.717) is 6.42 Å². The Morgan fingerprint density at radius 2 is 1.81 bits per heavy atom. The fourth-order valence-corrected chi connectivity index (χ4v) is 2.46. The molecule has 0 bridgehead atoms. The Balaban J connectivity index is 1.81. The molecule has 0 unspecified atom stereocenters. The lowest BCUT2D eigenvalue weighted by Crippen LogP contribution is -2.05. The Kier molecular flexibility index (Phi) is 3.93. The molecule has 0 saturated carbocycles. The van der Waals surface area contributed by atoms with Crippen molar-refractivity contribution in [3.63, 3.8) is 0 Å². The summed E-state index contributed by atoms with van der Waals surface area (Å²) >= 11 is 6.21. The summed E-state index contributed by atoms with van der Waals surface area (Å²) in [6, 6.07) is 15.0. The second kappa shape index (κ2) is 6.02. The summed E-state index contributed by atoms with van der Waals surface area (Å²) in [5.74, 6) is 1.25. The van der Waals surface area contributed by atoms with Crippen LogP contribution in [-0.4, -0.2) is 14.7 Å². The molecule has 3 aromatic rings. The van der Waals surface area contributed by atoms with Gasteiger partial charge in [-0.05, 0) is 29.3 Å². The summed E-state index contributed by atoms with van der Waals surface area (Å²) in [5.41, 5.74) is 2.18. The number of phenols is 1. The van der Waals surface area contributed by atoms with Crippen molar-refractivity contribution in [3.05, 3.63) is 82.9 Å². The van der Waals surface area contributed by atoms with Crippen LogP contribution < -0.4 is 0 Å². The first-order valence-corrected chi connectivity index (χ1v) is 7.11. The highest BCUT2D eigenvalue weighted by atomic mass is 35.5. The van der Waals surface area contributed by atoms with E-state index in [4.69, 9.17) is 11.6 Å². The Labute approximate surface area is 128 Å². The standard InChI is InChI=1S/C17H15ClN2O/c18-16-4-2-1-3-14(16)11-17-19-9-10-20(17)12-13-5-7-15(21)8-6-13/h1-10,21H,11-12H2. The molecule has 3 rings (SSSR count). The second-order valence-electron chi connectivity index (χ2n) is 4.91. The molecule has 3 nitrogen and oxygen atoms in total. The first kappa shape index (κ1) is 13.7. The van der Waals surface area contributed by atoms with E-state index in [9.17, 15) is 5.11 Å². The predicted molar refractivity (Wildman–Crippen MR) is 83.7 cm³/mol. The number of halogens is 1. The summed E-state index contributed by atoms with van der Waals surface area (Å²) in [6.45, 7) is 0.722. The maximum Gasteiger partial charge on any atom is 0.115 e. The van der Waals surface area contributed by atoms with Gasteiger partial charge in [-0.2, -0.15) is 0 Å². The van der Waals surface area contributed by atoms with Gasteiger partial charge in [-0.1, -0.05) is 41.9 Å². The van der Waals surface area contributed by atoms with E-state index in [1.165, 1.54) is 0 Å². The molecule has 0 aliphatic carbocycles. The fraction of sp³-hybridized carbons (Fsp3) is 0.118. The minimum Gasteiger partial charge on any atom is -0.508 e. The van der Waals surface area contributed by atoms with E-state index in [1.807, 2.05) is 42.6 Å². The topological polar surface area (TPSA) is 38.0 Å². The van der Waals surface area contributed by atoms with Gasteiger partial charge in [0.05, 0.1) is 0 Å². The molecule has 106 valence electrons. The third-order valence-corrected chi connectivity index (χ3v) is 3.77. The van der Waals surface area contributed by atoms with Gasteiger partial charge < -0.3 is 9.67 Å². The molecule has 0 amide bonds. The van der Waals surface area contributed by atoms with Crippen molar-refractivity contribution < 1.29 is 5.11 Å². The molecule has 0 aliphatic heterocycles. The molecule has 2 aromatic carbocycles. The van der Waals surface area contributed by atoms with Crippen molar-refractivity contribution in [1.29, 1.82) is 0 Å². The number of hydrogen-bond donors (Lipinski definition) is 1. The van der Waals surface area contributed by atoms with Gasteiger partial charge in [0.2, 0.25) is 0 Å². The lowest BCUT2D eigenvalue weighted by Gasteiger charge is -2.09. The Bertz CT molecular complexity index is 735. The highest BCUT2D eigenvalue weighted by Crippen LogP contribution is 2.19. The molecular formula is C17H15ClN2O. The van der Waals surface area contributed by atoms with Gasteiger partial charge >= 0.3 is 0 Å². The SMILES string of the molecule is Oc1ccc(Cn2ccnc2Cc2ccccc2Cl)cc1. The molecule has 0 saturated heterocycles. The zero-order valence-electron chi connectivity index (χ0n) is 11.4. The number of hydrogen-bond acceptors (Lipinski definition) is 2. The van der Waals surface area contributed by atoms with E-state index in [1.54, 1.807) is 18.3 Å². The fourth-order valence-electron chi connectivity index (χ4n) is 2.26. The lowest BCUT2D eigenvalue weighted by molar-refractivity contribution is 0.475. The van der Waals surface area contributed by atoms with Gasteiger partial charge in [0.1, 0.15) is 11.6 Å². The van der Waals surface area contributed by atoms with E-state index < -0.39 is 0 Å². The number of aromatic nitrogens is 2. The van der Waals surface area contributed by atoms with Crippen molar-refractivity contribution in [3.8, 4) is 5.75 Å². The van der Waals surface area contributed by atoms with E-state index in [2.05, 4.69) is 9.55 Å². The molecule has 1 aromatic heterocycles. The van der Waals surface area contributed by atoms with Crippen LogP contribution >= 0.6 is 11.6 Å². The number of imidazole rings is 1. The number of rotatable bonds is 4. The van der Waals surface area contributed by atoms with Crippen molar-refractivity contribution in [2.24, 2.45) is 0 Å². The molecule has 4 heteroatoms. The van der Waals surface area contributed by atoms with Crippen LogP contribution in [0, 0.1) is 0 Å². The molecule has 0 atom stereocenters. The van der Waals surface area contributed by atoms with Crippen LogP contribution in [0.4, 0.5) is 0 Å². The van der Waals surface area contributed by atoms with Crippen molar-refractivity contribution in [2.75, 3.05) is 0 Å². The molecule has 0 radical (unpaired) electrons. The summed E-state index contributed by atoms with van der Waals surface area (Å²) in [4.78, 5) is 4.42. The summed E-state index contributed by atoms with van der Waals surface area (Å²) < 4.78 is 2.09. The summed E-state index contributed by atoms with van der Waals surface area (Å²) in [5, 5.41) is 10.1. The molecular weight excluding hydrogens is 284 g/mol. The average molecular weight is 299 g/mol. The number of aromatic hydroxyl groups is 1. The highest BCUT2D eigenvalue weighted by molar-refractivity contribution is 6.31. The molecule has 1 heterocycles. The van der Waals surface area contributed by atoms with Gasteiger partial charge in [0.15, 0.2) is 0 Å². The zero-order valence-corrected chi connectivity index (χ0v) is 12.2. The van der Waals surface area contributed by atoms with Gasteiger partial charge in [-0.3, -0.25) is 0 Å². The maximum atomic E-state index is 9.33. The first-order chi connectivity index (χ1) is 10.2. The highest BCUT2D eigenvalue weighted by Gasteiger charge is 2.07. The van der Waals surface area contributed by atoms with Crippen LogP contribution in [0.15, 0.2) is 60.9 Å². The van der Waals surface area contributed by atoms with Crippen molar-refractivity contribution in [2.45, 2.75) is 13.0 Å². The number of nitrogens with zero attached hydrogens (tertiary/aromatic N) is 2. The minimum atomic E-state index is 0.278. The van der Waals surface area contributed by atoms with Gasteiger partial charge in [0.25, 0.3) is 0 Å². The predicted octanol–water partition coefficient (Wildman–Crippen LogP) is 3.88. The van der Waals surface area contributed by atoms with E-state index >= 15 is 0 Å². The lowest BCUT2D eigenvalue weighted by atomic mass is 10.1. The van der Waals surface area contributed by atoms with Crippen LogP contribution in [0.2, 0.25) is 5.02 Å². The molecule has 21 heavy (non-hydrogen) atoms. The monoisotopic (exact) mass is 298 g/mol. The van der Waals surface area contributed by atoms with E-state index in [0.717, 1.165) is 28.5 Å². The van der Waals surface area contributed by atoms with Gasteiger partial charge in [0, 0.05) is 30.4 Å². The maximum absolute atomic E-state index is 9.33.